The van der Waals surface area contributed by atoms with E-state index in [4.69, 9.17) is 0 Å². The van der Waals surface area contributed by atoms with Crippen molar-refractivity contribution in [3.05, 3.63) is 77.6 Å². The summed E-state index contributed by atoms with van der Waals surface area (Å²) in [5.74, 6) is 1.35. The number of likely N-dealkylation sites (tertiary alicyclic amines) is 1. The molecular formula is C22H26N6O. The Balaban J connectivity index is 1.48. The first-order chi connectivity index (χ1) is 14.1. The summed E-state index contributed by atoms with van der Waals surface area (Å²) in [6, 6.07) is 11.8. The summed E-state index contributed by atoms with van der Waals surface area (Å²) in [5.41, 5.74) is 3.27. The van der Waals surface area contributed by atoms with Gasteiger partial charge in [-0.15, -0.1) is 10.2 Å². The molecule has 0 aliphatic carbocycles. The van der Waals surface area contributed by atoms with Crippen LogP contribution < -0.4 is 5.32 Å². The van der Waals surface area contributed by atoms with Crippen LogP contribution in [-0.4, -0.2) is 43.8 Å². The third-order valence-corrected chi connectivity index (χ3v) is 5.70. The maximum absolute atomic E-state index is 13.1. The molecule has 150 valence electrons. The van der Waals surface area contributed by atoms with E-state index >= 15 is 0 Å². The number of hydrogen-bond donors (Lipinski definition) is 1. The molecule has 1 N–H and O–H groups in total. The lowest BCUT2D eigenvalue weighted by Gasteiger charge is -2.33. The van der Waals surface area contributed by atoms with Crippen LogP contribution in [0.1, 0.15) is 47.3 Å². The molecule has 1 fully saturated rings. The number of amides is 2. The molecule has 3 aromatic rings. The normalized spacial score (nSPS) is 15.9. The number of nitrogens with one attached hydrogen (secondary N) is 1. The molecule has 1 atom stereocenters. The number of piperidine rings is 1. The van der Waals surface area contributed by atoms with E-state index in [-0.39, 0.29) is 12.1 Å². The molecule has 3 heterocycles. The summed E-state index contributed by atoms with van der Waals surface area (Å²) >= 11 is 0. The van der Waals surface area contributed by atoms with E-state index in [1.54, 1.807) is 18.7 Å². The Hall–Kier alpha value is -3.22. The second kappa shape index (κ2) is 8.43. The molecule has 0 bridgehead atoms. The van der Waals surface area contributed by atoms with Crippen LogP contribution in [0, 0.1) is 6.92 Å². The summed E-state index contributed by atoms with van der Waals surface area (Å²) in [7, 11) is 1.97. The lowest BCUT2D eigenvalue weighted by molar-refractivity contribution is 0.177. The zero-order valence-electron chi connectivity index (χ0n) is 16.8. The highest BCUT2D eigenvalue weighted by Crippen LogP contribution is 2.28. The number of aryl methyl sites for hydroxylation is 2. The van der Waals surface area contributed by atoms with Crippen molar-refractivity contribution >= 4 is 6.03 Å². The Kier molecular flexibility index (Phi) is 5.55. The van der Waals surface area contributed by atoms with Crippen LogP contribution >= 0.6 is 0 Å². The van der Waals surface area contributed by atoms with Gasteiger partial charge in [0, 0.05) is 38.4 Å². The Morgan fingerprint density at radius 2 is 1.86 bits per heavy atom. The van der Waals surface area contributed by atoms with Crippen LogP contribution in [0.3, 0.4) is 0 Å². The molecule has 0 unspecified atom stereocenters. The minimum Gasteiger partial charge on any atom is -0.327 e. The molecule has 1 aliphatic rings. The number of pyridine rings is 1. The van der Waals surface area contributed by atoms with E-state index in [1.165, 1.54) is 0 Å². The third kappa shape index (κ3) is 4.13. The second-order valence-corrected chi connectivity index (χ2v) is 7.58. The van der Waals surface area contributed by atoms with Crippen molar-refractivity contribution < 1.29 is 4.79 Å². The predicted octanol–water partition coefficient (Wildman–Crippen LogP) is 3.20. The molecule has 1 saturated heterocycles. The first kappa shape index (κ1) is 19.1. The molecule has 2 aromatic heterocycles. The van der Waals surface area contributed by atoms with Crippen molar-refractivity contribution in [2.24, 2.45) is 7.05 Å². The molecular weight excluding hydrogens is 364 g/mol. The molecule has 7 nitrogen and oxygen atoms in total. The van der Waals surface area contributed by atoms with E-state index in [1.807, 2.05) is 40.8 Å². The van der Waals surface area contributed by atoms with Crippen molar-refractivity contribution in [1.29, 1.82) is 0 Å². The number of urea groups is 1. The SMILES string of the molecule is Cc1ccccc1[C@@H](NC(=O)N1CCC(c2nncn2C)CC1)c1ccncc1. The fourth-order valence-corrected chi connectivity index (χ4v) is 4.02. The monoisotopic (exact) mass is 390 g/mol. The molecule has 29 heavy (non-hydrogen) atoms. The van der Waals surface area contributed by atoms with Crippen molar-refractivity contribution in [2.75, 3.05) is 13.1 Å². The van der Waals surface area contributed by atoms with Gasteiger partial charge in [-0.05, 0) is 48.6 Å². The standard InChI is InChI=1S/C22H26N6O/c1-16-5-3-4-6-19(16)20(17-7-11-23-12-8-17)25-22(29)28-13-9-18(10-14-28)21-26-24-15-27(21)2/h3-8,11-12,15,18,20H,9-10,13-14H2,1-2H3,(H,25,29)/t20-/m0/s1. The Morgan fingerprint density at radius 3 is 2.52 bits per heavy atom. The average Bonchev–Trinajstić information content (AvgIpc) is 3.19. The largest absolute Gasteiger partial charge is 0.327 e. The fraction of sp³-hybridized carbons (Fsp3) is 0.364. The number of hydrogen-bond acceptors (Lipinski definition) is 4. The van der Waals surface area contributed by atoms with E-state index in [9.17, 15) is 4.79 Å². The maximum Gasteiger partial charge on any atom is 0.318 e. The summed E-state index contributed by atoms with van der Waals surface area (Å²) < 4.78 is 1.97. The Labute approximate surface area is 170 Å². The van der Waals surface area contributed by atoms with E-state index in [2.05, 4.69) is 39.6 Å². The van der Waals surface area contributed by atoms with Crippen molar-refractivity contribution in [3.63, 3.8) is 0 Å². The van der Waals surface area contributed by atoms with Gasteiger partial charge in [-0.1, -0.05) is 24.3 Å². The van der Waals surface area contributed by atoms with Crippen LogP contribution in [-0.2, 0) is 7.05 Å². The first-order valence-electron chi connectivity index (χ1n) is 9.98. The van der Waals surface area contributed by atoms with Gasteiger partial charge in [0.05, 0.1) is 6.04 Å². The van der Waals surface area contributed by atoms with Gasteiger partial charge >= 0.3 is 6.03 Å². The molecule has 7 heteroatoms. The molecule has 1 aromatic carbocycles. The van der Waals surface area contributed by atoms with E-state index < -0.39 is 0 Å². The highest BCUT2D eigenvalue weighted by atomic mass is 16.2. The quantitative estimate of drug-likeness (QED) is 0.742. The minimum absolute atomic E-state index is 0.0357. The summed E-state index contributed by atoms with van der Waals surface area (Å²) in [6.07, 6.45) is 7.04. The summed E-state index contributed by atoms with van der Waals surface area (Å²) in [5, 5.41) is 11.5. The summed E-state index contributed by atoms with van der Waals surface area (Å²) in [6.45, 7) is 3.49. The highest BCUT2D eigenvalue weighted by molar-refractivity contribution is 5.75. The Morgan fingerprint density at radius 1 is 1.14 bits per heavy atom. The van der Waals surface area contributed by atoms with Crippen LogP contribution in [0.15, 0.2) is 55.1 Å². The van der Waals surface area contributed by atoms with Crippen LogP contribution in [0.4, 0.5) is 4.79 Å². The third-order valence-electron chi connectivity index (χ3n) is 5.70. The van der Waals surface area contributed by atoms with Gasteiger partial charge in [-0.25, -0.2) is 4.79 Å². The van der Waals surface area contributed by atoms with Crippen molar-refractivity contribution in [1.82, 2.24) is 30.0 Å². The van der Waals surface area contributed by atoms with E-state index in [0.29, 0.717) is 19.0 Å². The molecule has 0 radical (unpaired) electrons. The second-order valence-electron chi connectivity index (χ2n) is 7.58. The molecule has 4 rings (SSSR count). The topological polar surface area (TPSA) is 75.9 Å². The number of nitrogens with zero attached hydrogens (tertiary/aromatic N) is 5. The molecule has 0 saturated carbocycles. The molecule has 0 spiro atoms. The van der Waals surface area contributed by atoms with Gasteiger partial charge in [0.15, 0.2) is 0 Å². The smallest absolute Gasteiger partial charge is 0.318 e. The van der Waals surface area contributed by atoms with Crippen molar-refractivity contribution in [3.8, 4) is 0 Å². The van der Waals surface area contributed by atoms with Gasteiger partial charge in [0.1, 0.15) is 12.2 Å². The zero-order valence-corrected chi connectivity index (χ0v) is 16.8. The molecule has 1 aliphatic heterocycles. The zero-order chi connectivity index (χ0) is 20.2. The Bertz CT molecular complexity index is 962. The van der Waals surface area contributed by atoms with E-state index in [0.717, 1.165) is 35.4 Å². The fourth-order valence-electron chi connectivity index (χ4n) is 4.02. The summed E-state index contributed by atoms with van der Waals surface area (Å²) in [4.78, 5) is 19.1. The van der Waals surface area contributed by atoms with Gasteiger partial charge in [-0.2, -0.15) is 0 Å². The highest BCUT2D eigenvalue weighted by Gasteiger charge is 2.28. The minimum atomic E-state index is -0.205. The van der Waals surface area contributed by atoms with Crippen LogP contribution in [0.25, 0.3) is 0 Å². The van der Waals surface area contributed by atoms with Crippen LogP contribution in [0.2, 0.25) is 0 Å². The lowest BCUT2D eigenvalue weighted by atomic mass is 9.95. The number of carbonyl (C=O) groups is 1. The van der Waals surface area contributed by atoms with Crippen molar-refractivity contribution in [2.45, 2.75) is 31.7 Å². The van der Waals surface area contributed by atoms with Gasteiger partial charge in [0.25, 0.3) is 0 Å². The average molecular weight is 390 g/mol. The maximum atomic E-state index is 13.1. The predicted molar refractivity (Wildman–Crippen MR) is 110 cm³/mol. The van der Waals surface area contributed by atoms with Gasteiger partial charge in [-0.3, -0.25) is 4.98 Å². The van der Waals surface area contributed by atoms with Crippen LogP contribution in [0.5, 0.6) is 0 Å². The number of carbonyl (C=O) groups excluding carboxylic acids is 1. The first-order valence-corrected chi connectivity index (χ1v) is 9.98. The van der Waals surface area contributed by atoms with Gasteiger partial charge < -0.3 is 14.8 Å². The number of rotatable bonds is 4. The lowest BCUT2D eigenvalue weighted by Crippen LogP contribution is -2.45. The van der Waals surface area contributed by atoms with Gasteiger partial charge in [0.2, 0.25) is 0 Å². The number of benzene rings is 1. The number of aromatic nitrogens is 4. The molecule has 2 amide bonds.